The van der Waals surface area contributed by atoms with Crippen molar-refractivity contribution < 1.29 is 19.4 Å². The van der Waals surface area contributed by atoms with Gasteiger partial charge in [-0.05, 0) is 11.6 Å². The van der Waals surface area contributed by atoms with Crippen LogP contribution in [0, 0.1) is 0 Å². The minimum absolute atomic E-state index is 0.145. The zero-order valence-electron chi connectivity index (χ0n) is 15.6. The molecule has 146 valence electrons. The van der Waals surface area contributed by atoms with Crippen LogP contribution in [0.4, 0.5) is 5.69 Å². The summed E-state index contributed by atoms with van der Waals surface area (Å²) in [4.78, 5) is 25.6. The molecule has 2 aromatic carbocycles. The number of carbonyl (C=O) groups is 2. The molecule has 29 heavy (non-hydrogen) atoms. The monoisotopic (exact) mass is 405 g/mol. The van der Waals surface area contributed by atoms with E-state index in [0.717, 1.165) is 16.0 Å². The fourth-order valence-corrected chi connectivity index (χ4v) is 4.85. The van der Waals surface area contributed by atoms with E-state index < -0.39 is 5.97 Å². The summed E-state index contributed by atoms with van der Waals surface area (Å²) in [7, 11) is 0. The molecule has 1 amide bonds. The van der Waals surface area contributed by atoms with Crippen LogP contribution in [0.25, 0.3) is 11.1 Å². The van der Waals surface area contributed by atoms with Crippen molar-refractivity contribution in [2.45, 2.75) is 12.3 Å². The molecule has 1 unspecified atom stereocenters. The van der Waals surface area contributed by atoms with Crippen LogP contribution in [0.15, 0.2) is 67.3 Å². The maximum atomic E-state index is 12.6. The van der Waals surface area contributed by atoms with E-state index in [1.807, 2.05) is 54.6 Å². The normalized spacial score (nSPS) is 15.3. The predicted octanol–water partition coefficient (Wildman–Crippen LogP) is 5.15. The smallest absolute Gasteiger partial charge is 0.346 e. The van der Waals surface area contributed by atoms with Crippen LogP contribution >= 0.6 is 11.3 Å². The zero-order valence-corrected chi connectivity index (χ0v) is 16.4. The second kappa shape index (κ2) is 7.93. The highest BCUT2D eigenvalue weighted by atomic mass is 32.1. The van der Waals surface area contributed by atoms with Gasteiger partial charge < -0.3 is 15.2 Å². The molecule has 4 rings (SSSR count). The standard InChI is InChI=1S/C23H19NO4S/c1-2-12-28-17-11-7-6-10-15(17)16-13-18(25)24-20-19(14-8-4-3-5-9-14)22(23(26)27)29-21(16)20/h2-11,16H,1,12-13H2,(H,24,25)(H,26,27). The van der Waals surface area contributed by atoms with Gasteiger partial charge in [-0.15, -0.1) is 11.3 Å². The predicted molar refractivity (Wildman–Crippen MR) is 114 cm³/mol. The Bertz CT molecular complexity index is 1090. The minimum atomic E-state index is -1.01. The Labute approximate surface area is 172 Å². The SMILES string of the molecule is C=CCOc1ccccc1C1CC(=O)Nc2c1sc(C(=O)O)c2-c1ccccc1. The summed E-state index contributed by atoms with van der Waals surface area (Å²) in [5, 5.41) is 12.7. The van der Waals surface area contributed by atoms with Crippen molar-refractivity contribution in [3.8, 4) is 16.9 Å². The summed E-state index contributed by atoms with van der Waals surface area (Å²) in [6, 6.07) is 16.8. The Morgan fingerprint density at radius 3 is 2.66 bits per heavy atom. The third-order valence-electron chi connectivity index (χ3n) is 4.81. The Morgan fingerprint density at radius 2 is 1.93 bits per heavy atom. The van der Waals surface area contributed by atoms with Crippen LogP contribution in [0.5, 0.6) is 5.75 Å². The van der Waals surface area contributed by atoms with E-state index in [9.17, 15) is 14.7 Å². The highest BCUT2D eigenvalue weighted by Gasteiger charge is 2.35. The molecule has 0 saturated heterocycles. The number of hydrogen-bond acceptors (Lipinski definition) is 4. The van der Waals surface area contributed by atoms with Crippen LogP contribution in [0.2, 0.25) is 0 Å². The first-order chi connectivity index (χ1) is 14.1. The lowest BCUT2D eigenvalue weighted by Crippen LogP contribution is -2.22. The lowest BCUT2D eigenvalue weighted by molar-refractivity contribution is -0.116. The number of para-hydroxylation sites is 1. The van der Waals surface area contributed by atoms with Crippen LogP contribution in [-0.4, -0.2) is 23.6 Å². The fraction of sp³-hybridized carbons (Fsp3) is 0.130. The second-order valence-electron chi connectivity index (χ2n) is 6.66. The number of aromatic carboxylic acids is 1. The summed E-state index contributed by atoms with van der Waals surface area (Å²) < 4.78 is 5.80. The van der Waals surface area contributed by atoms with Gasteiger partial charge in [0.2, 0.25) is 5.91 Å². The van der Waals surface area contributed by atoms with Gasteiger partial charge in [0.15, 0.2) is 0 Å². The number of carboxylic acid groups (broad SMARTS) is 1. The van der Waals surface area contributed by atoms with E-state index in [2.05, 4.69) is 11.9 Å². The minimum Gasteiger partial charge on any atom is -0.489 e. The van der Waals surface area contributed by atoms with Gasteiger partial charge in [-0.25, -0.2) is 4.79 Å². The summed E-state index contributed by atoms with van der Waals surface area (Å²) in [5.41, 5.74) is 2.77. The maximum Gasteiger partial charge on any atom is 0.346 e. The molecule has 0 spiro atoms. The van der Waals surface area contributed by atoms with Crippen molar-refractivity contribution in [2.24, 2.45) is 0 Å². The van der Waals surface area contributed by atoms with E-state index in [-0.39, 0.29) is 23.1 Å². The summed E-state index contributed by atoms with van der Waals surface area (Å²) in [6.07, 6.45) is 1.90. The first-order valence-electron chi connectivity index (χ1n) is 9.18. The third-order valence-corrected chi connectivity index (χ3v) is 6.11. The molecule has 6 heteroatoms. The molecule has 0 aliphatic carbocycles. The molecular formula is C23H19NO4S. The van der Waals surface area contributed by atoms with Gasteiger partial charge in [0.1, 0.15) is 17.2 Å². The Balaban J connectivity index is 1.90. The van der Waals surface area contributed by atoms with Gasteiger partial charge in [0.25, 0.3) is 0 Å². The average molecular weight is 405 g/mol. The molecular weight excluding hydrogens is 386 g/mol. The van der Waals surface area contributed by atoms with Gasteiger partial charge in [-0.1, -0.05) is 61.2 Å². The molecule has 2 N–H and O–H groups in total. The number of anilines is 1. The number of hydrogen-bond donors (Lipinski definition) is 2. The number of nitrogens with one attached hydrogen (secondary N) is 1. The van der Waals surface area contributed by atoms with Crippen LogP contribution in [0.1, 0.15) is 32.5 Å². The molecule has 1 atom stereocenters. The van der Waals surface area contributed by atoms with Gasteiger partial charge in [0.05, 0.1) is 5.69 Å². The molecule has 2 heterocycles. The van der Waals surface area contributed by atoms with Gasteiger partial charge in [-0.3, -0.25) is 4.79 Å². The summed E-state index contributed by atoms with van der Waals surface area (Å²) in [5.74, 6) is -0.759. The Morgan fingerprint density at radius 1 is 1.21 bits per heavy atom. The summed E-state index contributed by atoms with van der Waals surface area (Å²) >= 11 is 1.21. The number of carbonyl (C=O) groups excluding carboxylic acids is 1. The quantitative estimate of drug-likeness (QED) is 0.556. The molecule has 3 aromatic rings. The number of fused-ring (bicyclic) bond motifs is 1. The van der Waals surface area contributed by atoms with Crippen LogP contribution < -0.4 is 10.1 Å². The zero-order chi connectivity index (χ0) is 20.4. The first-order valence-corrected chi connectivity index (χ1v) is 9.99. The number of thiophene rings is 1. The molecule has 0 saturated carbocycles. The number of benzene rings is 2. The van der Waals surface area contributed by atoms with E-state index >= 15 is 0 Å². The molecule has 5 nitrogen and oxygen atoms in total. The lowest BCUT2D eigenvalue weighted by Gasteiger charge is -2.25. The van der Waals surface area contributed by atoms with Crippen LogP contribution in [-0.2, 0) is 4.79 Å². The number of amides is 1. The van der Waals surface area contributed by atoms with Crippen molar-refractivity contribution in [1.82, 2.24) is 0 Å². The number of ether oxygens (including phenoxy) is 1. The largest absolute Gasteiger partial charge is 0.489 e. The summed E-state index contributed by atoms with van der Waals surface area (Å²) in [6.45, 7) is 4.03. The Hall–Kier alpha value is -3.38. The van der Waals surface area contributed by atoms with Crippen molar-refractivity contribution in [3.63, 3.8) is 0 Å². The molecule has 0 radical (unpaired) electrons. The van der Waals surface area contributed by atoms with Gasteiger partial charge >= 0.3 is 5.97 Å². The third kappa shape index (κ3) is 3.54. The average Bonchev–Trinajstić information content (AvgIpc) is 3.12. The highest BCUT2D eigenvalue weighted by Crippen LogP contribution is 2.50. The molecule has 0 fully saturated rings. The van der Waals surface area contributed by atoms with E-state index in [0.29, 0.717) is 23.6 Å². The molecule has 1 aliphatic rings. The van der Waals surface area contributed by atoms with Crippen molar-refractivity contribution in [1.29, 1.82) is 0 Å². The molecule has 0 bridgehead atoms. The lowest BCUT2D eigenvalue weighted by atomic mass is 9.88. The van der Waals surface area contributed by atoms with Gasteiger partial charge in [0, 0.05) is 28.3 Å². The van der Waals surface area contributed by atoms with Crippen molar-refractivity contribution in [3.05, 3.63) is 82.6 Å². The Kier molecular flexibility index (Phi) is 5.18. The first kappa shape index (κ1) is 19.0. The highest BCUT2D eigenvalue weighted by molar-refractivity contribution is 7.15. The topological polar surface area (TPSA) is 75.6 Å². The maximum absolute atomic E-state index is 12.6. The van der Waals surface area contributed by atoms with Gasteiger partial charge in [-0.2, -0.15) is 0 Å². The van der Waals surface area contributed by atoms with E-state index in [1.54, 1.807) is 6.08 Å². The fourth-order valence-electron chi connectivity index (χ4n) is 3.62. The van der Waals surface area contributed by atoms with Crippen LogP contribution in [0.3, 0.4) is 0 Å². The molecule has 1 aliphatic heterocycles. The van der Waals surface area contributed by atoms with Crippen molar-refractivity contribution >= 4 is 28.9 Å². The van der Waals surface area contributed by atoms with Crippen molar-refractivity contribution in [2.75, 3.05) is 11.9 Å². The second-order valence-corrected chi connectivity index (χ2v) is 7.71. The number of rotatable bonds is 6. The number of carboxylic acids is 1. The molecule has 1 aromatic heterocycles. The van der Waals surface area contributed by atoms with E-state index in [1.165, 1.54) is 11.3 Å². The van der Waals surface area contributed by atoms with E-state index in [4.69, 9.17) is 4.74 Å².